The van der Waals surface area contributed by atoms with E-state index in [9.17, 15) is 5.11 Å². The first kappa shape index (κ1) is 12.6. The molecule has 0 saturated carbocycles. The van der Waals surface area contributed by atoms with E-state index in [1.54, 1.807) is 6.20 Å². The summed E-state index contributed by atoms with van der Waals surface area (Å²) in [7, 11) is 0. The number of nitrogens with zero attached hydrogens (tertiary/aromatic N) is 2. The maximum absolute atomic E-state index is 9.26. The molecule has 0 aliphatic carbocycles. The van der Waals surface area contributed by atoms with E-state index in [1.165, 1.54) is 0 Å². The van der Waals surface area contributed by atoms with Crippen molar-refractivity contribution in [2.75, 3.05) is 5.32 Å². The lowest BCUT2D eigenvalue weighted by molar-refractivity contribution is 0.282. The number of nitrogens with one attached hydrogen (secondary N) is 1. The third kappa shape index (κ3) is 3.34. The van der Waals surface area contributed by atoms with Gasteiger partial charge in [0.15, 0.2) is 0 Å². The molecular formula is C14H19N3O. The van der Waals surface area contributed by atoms with Gasteiger partial charge in [-0.1, -0.05) is 18.2 Å². The Balaban J connectivity index is 1.88. The predicted octanol–water partition coefficient (Wildman–Crippen LogP) is 2.27. The van der Waals surface area contributed by atoms with Crippen LogP contribution in [0.2, 0.25) is 0 Å². The smallest absolute Gasteiger partial charge is 0.0701 e. The second kappa shape index (κ2) is 6.21. The molecule has 1 unspecified atom stereocenters. The first-order chi connectivity index (χ1) is 8.79. The van der Waals surface area contributed by atoms with E-state index < -0.39 is 0 Å². The van der Waals surface area contributed by atoms with E-state index in [0.717, 1.165) is 24.2 Å². The second-order valence-corrected chi connectivity index (χ2v) is 4.42. The van der Waals surface area contributed by atoms with Crippen molar-refractivity contribution in [2.24, 2.45) is 0 Å². The van der Waals surface area contributed by atoms with Gasteiger partial charge in [-0.3, -0.25) is 4.68 Å². The largest absolute Gasteiger partial charge is 0.392 e. The summed E-state index contributed by atoms with van der Waals surface area (Å²) in [6, 6.07) is 10.1. The molecule has 0 aliphatic rings. The molecule has 0 radical (unpaired) electrons. The highest BCUT2D eigenvalue weighted by atomic mass is 16.3. The van der Waals surface area contributed by atoms with Crippen molar-refractivity contribution in [3.8, 4) is 0 Å². The van der Waals surface area contributed by atoms with E-state index in [-0.39, 0.29) is 6.61 Å². The zero-order valence-corrected chi connectivity index (χ0v) is 10.6. The Morgan fingerprint density at radius 1 is 1.33 bits per heavy atom. The number of para-hydroxylation sites is 1. The van der Waals surface area contributed by atoms with Crippen LogP contribution in [0.4, 0.5) is 5.69 Å². The topological polar surface area (TPSA) is 50.1 Å². The van der Waals surface area contributed by atoms with Crippen LogP contribution in [-0.2, 0) is 13.2 Å². The summed E-state index contributed by atoms with van der Waals surface area (Å²) in [6.07, 6.45) is 4.75. The number of aryl methyl sites for hydroxylation is 1. The quantitative estimate of drug-likeness (QED) is 0.820. The predicted molar refractivity (Wildman–Crippen MR) is 72.3 cm³/mol. The van der Waals surface area contributed by atoms with Crippen LogP contribution in [0.25, 0.3) is 0 Å². The summed E-state index contributed by atoms with van der Waals surface area (Å²) in [5, 5.41) is 16.9. The molecule has 0 bridgehead atoms. The fourth-order valence-electron chi connectivity index (χ4n) is 1.90. The lowest BCUT2D eigenvalue weighted by atomic mass is 10.1. The minimum Gasteiger partial charge on any atom is -0.392 e. The molecule has 0 aliphatic heterocycles. The highest BCUT2D eigenvalue weighted by Crippen LogP contribution is 2.16. The van der Waals surface area contributed by atoms with Crippen LogP contribution in [0.3, 0.4) is 0 Å². The van der Waals surface area contributed by atoms with Gasteiger partial charge in [0.2, 0.25) is 0 Å². The van der Waals surface area contributed by atoms with Crippen molar-refractivity contribution in [1.29, 1.82) is 0 Å². The number of benzene rings is 1. The first-order valence-electron chi connectivity index (χ1n) is 6.22. The third-order valence-electron chi connectivity index (χ3n) is 2.94. The van der Waals surface area contributed by atoms with Crippen LogP contribution in [0.1, 0.15) is 18.9 Å². The summed E-state index contributed by atoms with van der Waals surface area (Å²) >= 11 is 0. The molecule has 0 spiro atoms. The molecule has 2 aromatic rings. The first-order valence-corrected chi connectivity index (χ1v) is 6.22. The zero-order chi connectivity index (χ0) is 12.8. The molecule has 96 valence electrons. The van der Waals surface area contributed by atoms with Gasteiger partial charge in [0, 0.05) is 36.2 Å². The number of aromatic nitrogens is 2. The van der Waals surface area contributed by atoms with Crippen LogP contribution in [0.15, 0.2) is 42.7 Å². The minimum atomic E-state index is 0.0645. The van der Waals surface area contributed by atoms with Crippen LogP contribution in [0.5, 0.6) is 0 Å². The Hall–Kier alpha value is -1.81. The summed E-state index contributed by atoms with van der Waals surface area (Å²) in [6.45, 7) is 3.09. The normalized spacial score (nSPS) is 12.3. The maximum atomic E-state index is 9.26. The molecule has 1 aromatic carbocycles. The molecule has 1 heterocycles. The molecule has 18 heavy (non-hydrogen) atoms. The van der Waals surface area contributed by atoms with Crippen LogP contribution < -0.4 is 5.32 Å². The fraction of sp³-hybridized carbons (Fsp3) is 0.357. The Bertz CT molecular complexity index is 468. The number of rotatable bonds is 6. The molecule has 0 amide bonds. The van der Waals surface area contributed by atoms with Gasteiger partial charge in [-0.05, 0) is 25.5 Å². The number of anilines is 1. The van der Waals surface area contributed by atoms with Crippen molar-refractivity contribution in [3.63, 3.8) is 0 Å². The molecule has 2 N–H and O–H groups in total. The van der Waals surface area contributed by atoms with Gasteiger partial charge >= 0.3 is 0 Å². The van der Waals surface area contributed by atoms with E-state index in [4.69, 9.17) is 0 Å². The molecule has 4 heteroatoms. The van der Waals surface area contributed by atoms with Crippen LogP contribution >= 0.6 is 0 Å². The molecule has 4 nitrogen and oxygen atoms in total. The summed E-state index contributed by atoms with van der Waals surface area (Å²) in [5.41, 5.74) is 1.94. The van der Waals surface area contributed by atoms with Crippen LogP contribution in [0, 0.1) is 0 Å². The van der Waals surface area contributed by atoms with E-state index in [2.05, 4.69) is 17.3 Å². The third-order valence-corrected chi connectivity index (χ3v) is 2.94. The molecule has 2 rings (SSSR count). The number of hydrogen-bond acceptors (Lipinski definition) is 3. The van der Waals surface area contributed by atoms with Gasteiger partial charge in [-0.25, -0.2) is 0 Å². The number of aliphatic hydroxyl groups is 1. The molecule has 0 fully saturated rings. The van der Waals surface area contributed by atoms with Crippen LogP contribution in [-0.4, -0.2) is 20.9 Å². The Morgan fingerprint density at radius 2 is 2.17 bits per heavy atom. The molecule has 0 saturated heterocycles. The SMILES string of the molecule is CC(CCn1cccn1)Nc1ccccc1CO. The van der Waals surface area contributed by atoms with E-state index >= 15 is 0 Å². The van der Waals surface area contributed by atoms with Gasteiger partial charge in [-0.15, -0.1) is 0 Å². The zero-order valence-electron chi connectivity index (χ0n) is 10.6. The molecule has 1 atom stereocenters. The minimum absolute atomic E-state index is 0.0645. The van der Waals surface area contributed by atoms with Crippen molar-refractivity contribution in [3.05, 3.63) is 48.3 Å². The van der Waals surface area contributed by atoms with Crippen molar-refractivity contribution >= 4 is 5.69 Å². The molecular weight excluding hydrogens is 226 g/mol. The van der Waals surface area contributed by atoms with Gasteiger partial charge < -0.3 is 10.4 Å². The summed E-state index contributed by atoms with van der Waals surface area (Å²) < 4.78 is 1.93. The fourth-order valence-corrected chi connectivity index (χ4v) is 1.90. The van der Waals surface area contributed by atoms with Gasteiger partial charge in [-0.2, -0.15) is 5.10 Å². The standard InChI is InChI=1S/C14H19N3O/c1-12(7-10-17-9-4-8-15-17)16-14-6-3-2-5-13(14)11-18/h2-6,8-9,12,16,18H,7,10-11H2,1H3. The van der Waals surface area contributed by atoms with Crippen molar-refractivity contribution in [1.82, 2.24) is 9.78 Å². The average molecular weight is 245 g/mol. The monoisotopic (exact) mass is 245 g/mol. The van der Waals surface area contributed by atoms with E-state index in [1.807, 2.05) is 41.2 Å². The summed E-state index contributed by atoms with van der Waals surface area (Å²) in [5.74, 6) is 0. The van der Waals surface area contributed by atoms with Crippen molar-refractivity contribution in [2.45, 2.75) is 32.5 Å². The van der Waals surface area contributed by atoms with Gasteiger partial charge in [0.1, 0.15) is 0 Å². The molecule has 1 aromatic heterocycles. The Kier molecular flexibility index (Phi) is 4.36. The van der Waals surface area contributed by atoms with E-state index in [0.29, 0.717) is 6.04 Å². The Morgan fingerprint density at radius 3 is 2.89 bits per heavy atom. The number of aliphatic hydroxyl groups excluding tert-OH is 1. The number of hydrogen-bond donors (Lipinski definition) is 2. The van der Waals surface area contributed by atoms with Crippen molar-refractivity contribution < 1.29 is 5.11 Å². The maximum Gasteiger partial charge on any atom is 0.0701 e. The lowest BCUT2D eigenvalue weighted by Gasteiger charge is -2.17. The highest BCUT2D eigenvalue weighted by molar-refractivity contribution is 5.51. The lowest BCUT2D eigenvalue weighted by Crippen LogP contribution is -2.18. The summed E-state index contributed by atoms with van der Waals surface area (Å²) in [4.78, 5) is 0. The van der Waals surface area contributed by atoms with Gasteiger partial charge in [0.25, 0.3) is 0 Å². The second-order valence-electron chi connectivity index (χ2n) is 4.42. The Labute approximate surface area is 107 Å². The van der Waals surface area contributed by atoms with Gasteiger partial charge in [0.05, 0.1) is 6.61 Å². The highest BCUT2D eigenvalue weighted by Gasteiger charge is 2.05. The average Bonchev–Trinajstić information content (AvgIpc) is 2.90.